The van der Waals surface area contributed by atoms with Crippen LogP contribution in [-0.2, 0) is 0 Å². The Bertz CT molecular complexity index is 1090. The minimum Gasteiger partial charge on any atom is -0.420 e. The Morgan fingerprint density at radius 2 is 1.70 bits per heavy atom. The molecular weight excluding hydrogens is 342 g/mol. The van der Waals surface area contributed by atoms with E-state index in [2.05, 4.69) is 11.2 Å². The third kappa shape index (κ3) is 2.60. The molecule has 132 valence electrons. The highest BCUT2D eigenvalue weighted by molar-refractivity contribution is 5.97. The number of nitriles is 1. The number of carbonyl (C=O) groups is 1. The smallest absolute Gasteiger partial charge is 0.280 e. The Hall–Kier alpha value is -4.05. The van der Waals surface area contributed by atoms with Crippen LogP contribution in [0.15, 0.2) is 72.1 Å². The average molecular weight is 357 g/mol. The molecule has 2 heterocycles. The molecule has 4 N–H and O–H groups in total. The molecule has 0 amide bonds. The van der Waals surface area contributed by atoms with Crippen molar-refractivity contribution in [1.82, 2.24) is 9.78 Å². The molecule has 0 saturated carbocycles. The molecule has 0 radical (unpaired) electrons. The van der Waals surface area contributed by atoms with E-state index in [1.165, 1.54) is 0 Å². The summed E-state index contributed by atoms with van der Waals surface area (Å²) in [5.41, 5.74) is 14.1. The molecule has 7 nitrogen and oxygen atoms in total. The van der Waals surface area contributed by atoms with E-state index in [0.29, 0.717) is 11.1 Å². The molecule has 0 spiro atoms. The quantitative estimate of drug-likeness (QED) is 0.726. The molecule has 1 aromatic heterocycles. The normalized spacial score (nSPS) is 15.6. The first-order chi connectivity index (χ1) is 13.1. The number of anilines is 1. The fourth-order valence-corrected chi connectivity index (χ4v) is 3.17. The second-order valence-corrected chi connectivity index (χ2v) is 6.02. The van der Waals surface area contributed by atoms with Crippen LogP contribution >= 0.6 is 0 Å². The highest BCUT2D eigenvalue weighted by atomic mass is 16.5. The summed E-state index contributed by atoms with van der Waals surface area (Å²) in [5.74, 6) is -0.752. The van der Waals surface area contributed by atoms with E-state index in [1.54, 1.807) is 24.3 Å². The van der Waals surface area contributed by atoms with Gasteiger partial charge in [0.1, 0.15) is 17.5 Å². The zero-order valence-corrected chi connectivity index (χ0v) is 14.2. The lowest BCUT2D eigenvalue weighted by molar-refractivity contribution is 0.0946. The third-order valence-corrected chi connectivity index (χ3v) is 4.44. The van der Waals surface area contributed by atoms with Crippen LogP contribution in [0.4, 0.5) is 5.82 Å². The first-order valence-corrected chi connectivity index (χ1v) is 8.22. The maximum absolute atomic E-state index is 12.8. The Balaban J connectivity index is 1.89. The van der Waals surface area contributed by atoms with Crippen LogP contribution in [0.25, 0.3) is 0 Å². The second kappa shape index (κ2) is 6.35. The lowest BCUT2D eigenvalue weighted by Crippen LogP contribution is -2.21. The number of carbonyl (C=O) groups excluding carboxylic acids is 1. The molecule has 3 aromatic rings. The summed E-state index contributed by atoms with van der Waals surface area (Å²) >= 11 is 0. The Morgan fingerprint density at radius 1 is 1.07 bits per heavy atom. The number of nitrogens with zero attached hydrogens (tertiary/aromatic N) is 3. The predicted molar refractivity (Wildman–Crippen MR) is 98.5 cm³/mol. The summed E-state index contributed by atoms with van der Waals surface area (Å²) < 4.78 is 6.59. The molecule has 0 bridgehead atoms. The zero-order valence-electron chi connectivity index (χ0n) is 14.2. The molecule has 27 heavy (non-hydrogen) atoms. The number of aromatic nitrogens is 2. The number of fused-ring (bicyclic) bond motifs is 1. The Morgan fingerprint density at radius 3 is 2.33 bits per heavy atom. The number of nitrogen functional groups attached to an aromatic ring is 1. The molecule has 1 atom stereocenters. The van der Waals surface area contributed by atoms with Crippen molar-refractivity contribution < 1.29 is 9.53 Å². The van der Waals surface area contributed by atoms with Gasteiger partial charge in [-0.2, -0.15) is 9.94 Å². The maximum Gasteiger partial charge on any atom is 0.280 e. The van der Waals surface area contributed by atoms with Crippen LogP contribution in [0.3, 0.4) is 0 Å². The molecule has 0 aliphatic carbocycles. The summed E-state index contributed by atoms with van der Waals surface area (Å²) in [7, 11) is 0. The number of benzene rings is 2. The monoisotopic (exact) mass is 357 g/mol. The number of hydrogen-bond donors (Lipinski definition) is 2. The van der Waals surface area contributed by atoms with Crippen LogP contribution < -0.4 is 16.2 Å². The summed E-state index contributed by atoms with van der Waals surface area (Å²) in [6.45, 7) is 0. The van der Waals surface area contributed by atoms with Gasteiger partial charge >= 0.3 is 0 Å². The minimum atomic E-state index is -0.558. The van der Waals surface area contributed by atoms with Gasteiger partial charge in [-0.25, -0.2) is 0 Å². The molecule has 2 aromatic carbocycles. The van der Waals surface area contributed by atoms with Crippen LogP contribution in [-0.4, -0.2) is 15.7 Å². The summed E-state index contributed by atoms with van der Waals surface area (Å²) in [6, 6.07) is 20.1. The van der Waals surface area contributed by atoms with Crippen molar-refractivity contribution in [2.45, 2.75) is 5.92 Å². The van der Waals surface area contributed by atoms with Gasteiger partial charge in [-0.05, 0) is 17.7 Å². The standard InChI is InChI=1S/C20H15N5O2/c21-11-14-15(12-7-3-1-4-8-12)16-17(22)25(24-19(16)27-18(14)23)20(26)13-9-5-2-6-10-13/h1-10,15H,22-23H2. The second-order valence-electron chi connectivity index (χ2n) is 6.02. The number of nitrogens with two attached hydrogens (primary N) is 2. The van der Waals surface area contributed by atoms with Crippen molar-refractivity contribution in [2.24, 2.45) is 5.73 Å². The molecule has 1 aliphatic rings. The van der Waals surface area contributed by atoms with E-state index in [4.69, 9.17) is 16.2 Å². The lowest BCUT2D eigenvalue weighted by atomic mass is 9.85. The predicted octanol–water partition coefficient (Wildman–Crippen LogP) is 2.37. The lowest BCUT2D eigenvalue weighted by Gasteiger charge is -2.23. The van der Waals surface area contributed by atoms with Gasteiger partial charge < -0.3 is 16.2 Å². The highest BCUT2D eigenvalue weighted by Crippen LogP contribution is 2.44. The van der Waals surface area contributed by atoms with Crippen molar-refractivity contribution >= 4 is 11.7 Å². The Labute approximate surface area is 155 Å². The molecule has 0 fully saturated rings. The van der Waals surface area contributed by atoms with E-state index >= 15 is 0 Å². The van der Waals surface area contributed by atoms with Crippen LogP contribution in [0.1, 0.15) is 27.4 Å². The topological polar surface area (TPSA) is 120 Å². The minimum absolute atomic E-state index is 0.0457. The zero-order chi connectivity index (χ0) is 19.0. The summed E-state index contributed by atoms with van der Waals surface area (Å²) in [4.78, 5) is 12.8. The van der Waals surface area contributed by atoms with Gasteiger partial charge in [0.2, 0.25) is 11.8 Å². The van der Waals surface area contributed by atoms with Gasteiger partial charge in [-0.15, -0.1) is 5.10 Å². The van der Waals surface area contributed by atoms with Gasteiger partial charge in [0.25, 0.3) is 5.91 Å². The molecule has 1 unspecified atom stereocenters. The largest absolute Gasteiger partial charge is 0.420 e. The van der Waals surface area contributed by atoms with Crippen LogP contribution in [0, 0.1) is 11.3 Å². The van der Waals surface area contributed by atoms with Crippen molar-refractivity contribution in [3.63, 3.8) is 0 Å². The Kier molecular flexibility index (Phi) is 3.86. The highest BCUT2D eigenvalue weighted by Gasteiger charge is 2.37. The summed E-state index contributed by atoms with van der Waals surface area (Å²) in [6.07, 6.45) is 0. The van der Waals surface area contributed by atoms with E-state index < -0.39 is 11.8 Å². The first kappa shape index (κ1) is 16.4. The molecule has 7 heteroatoms. The van der Waals surface area contributed by atoms with Crippen LogP contribution in [0.5, 0.6) is 5.88 Å². The van der Waals surface area contributed by atoms with Gasteiger partial charge in [-0.1, -0.05) is 48.5 Å². The fraction of sp³-hybridized carbons (Fsp3) is 0.0500. The van der Waals surface area contributed by atoms with Gasteiger partial charge in [0.05, 0.1) is 11.5 Å². The van der Waals surface area contributed by atoms with Crippen molar-refractivity contribution in [2.75, 3.05) is 5.73 Å². The molecule has 4 rings (SSSR count). The van der Waals surface area contributed by atoms with Crippen molar-refractivity contribution in [1.29, 1.82) is 5.26 Å². The number of hydrogen-bond acceptors (Lipinski definition) is 6. The van der Waals surface area contributed by atoms with E-state index in [-0.39, 0.29) is 23.2 Å². The first-order valence-electron chi connectivity index (χ1n) is 8.22. The summed E-state index contributed by atoms with van der Waals surface area (Å²) in [5, 5.41) is 13.8. The van der Waals surface area contributed by atoms with Gasteiger partial charge in [0.15, 0.2) is 0 Å². The molecule has 1 aliphatic heterocycles. The number of allylic oxidation sites excluding steroid dienone is 1. The van der Waals surface area contributed by atoms with E-state index in [0.717, 1.165) is 10.2 Å². The van der Waals surface area contributed by atoms with Crippen molar-refractivity contribution in [3.8, 4) is 11.9 Å². The maximum atomic E-state index is 12.8. The number of ether oxygens (including phenoxy) is 1. The van der Waals surface area contributed by atoms with E-state index in [1.807, 2.05) is 36.4 Å². The fourth-order valence-electron chi connectivity index (χ4n) is 3.17. The average Bonchev–Trinajstić information content (AvgIpc) is 3.03. The van der Waals surface area contributed by atoms with Gasteiger partial charge in [0, 0.05) is 5.56 Å². The van der Waals surface area contributed by atoms with Gasteiger partial charge in [-0.3, -0.25) is 4.79 Å². The molecule has 0 saturated heterocycles. The van der Waals surface area contributed by atoms with Crippen molar-refractivity contribution in [3.05, 3.63) is 88.8 Å². The number of rotatable bonds is 2. The van der Waals surface area contributed by atoms with Crippen LogP contribution in [0.2, 0.25) is 0 Å². The molecular formula is C20H15N5O2. The van der Waals surface area contributed by atoms with E-state index in [9.17, 15) is 10.1 Å². The third-order valence-electron chi connectivity index (χ3n) is 4.44. The SMILES string of the molecule is N#CC1=C(N)Oc2nn(C(=O)c3ccccc3)c(N)c2C1c1ccccc1.